The Kier molecular flexibility index (Phi) is 5.37. The van der Waals surface area contributed by atoms with E-state index in [1.807, 2.05) is 0 Å². The maximum absolute atomic E-state index is 12.5. The average Bonchev–Trinajstić information content (AvgIpc) is 2.13. The Labute approximate surface area is 97.1 Å². The minimum absolute atomic E-state index is 0.0536. The molecule has 0 aromatic rings. The summed E-state index contributed by atoms with van der Waals surface area (Å²) < 4.78 is 82.9. The van der Waals surface area contributed by atoms with E-state index < -0.39 is 45.8 Å². The Morgan fingerprint density at radius 1 is 1.18 bits per heavy atom. The van der Waals surface area contributed by atoms with Crippen molar-refractivity contribution < 1.29 is 30.4 Å². The first kappa shape index (κ1) is 16.6. The van der Waals surface area contributed by atoms with Crippen LogP contribution in [0.1, 0.15) is 26.2 Å². The SMILES string of the molecule is [CH2]CC(C)S(=O)(=O)CCCC(F)(F)C(F)(F)F. The minimum atomic E-state index is -5.63. The van der Waals surface area contributed by atoms with E-state index in [4.69, 9.17) is 0 Å². The van der Waals surface area contributed by atoms with Crippen molar-refractivity contribution in [2.75, 3.05) is 5.75 Å². The molecule has 2 nitrogen and oxygen atoms in total. The molecule has 0 rings (SSSR count). The second kappa shape index (κ2) is 5.49. The van der Waals surface area contributed by atoms with Crippen LogP contribution in [0.4, 0.5) is 22.0 Å². The first-order valence-electron chi connectivity index (χ1n) is 4.89. The maximum Gasteiger partial charge on any atom is 0.453 e. The van der Waals surface area contributed by atoms with Crippen molar-refractivity contribution in [2.24, 2.45) is 0 Å². The molecule has 17 heavy (non-hydrogen) atoms. The summed E-state index contributed by atoms with van der Waals surface area (Å²) in [5, 5.41) is -0.831. The van der Waals surface area contributed by atoms with Gasteiger partial charge in [0.15, 0.2) is 9.84 Å². The smallest absolute Gasteiger partial charge is 0.229 e. The molecule has 1 atom stereocenters. The normalized spacial score (nSPS) is 15.9. The van der Waals surface area contributed by atoms with E-state index in [0.29, 0.717) is 0 Å². The fourth-order valence-corrected chi connectivity index (χ4v) is 2.33. The van der Waals surface area contributed by atoms with Gasteiger partial charge in [-0.3, -0.25) is 0 Å². The van der Waals surface area contributed by atoms with Gasteiger partial charge in [-0.25, -0.2) is 8.42 Å². The van der Waals surface area contributed by atoms with Gasteiger partial charge >= 0.3 is 12.1 Å². The molecule has 103 valence electrons. The summed E-state index contributed by atoms with van der Waals surface area (Å²) in [7, 11) is -3.64. The number of hydrogen-bond donors (Lipinski definition) is 0. The predicted octanol–water partition coefficient (Wildman–Crippen LogP) is 2.99. The van der Waals surface area contributed by atoms with Crippen molar-refractivity contribution in [3.05, 3.63) is 6.92 Å². The summed E-state index contributed by atoms with van der Waals surface area (Å²) in [6.07, 6.45) is -7.81. The topological polar surface area (TPSA) is 34.1 Å². The van der Waals surface area contributed by atoms with Crippen LogP contribution < -0.4 is 0 Å². The molecule has 8 heteroatoms. The first-order chi connectivity index (χ1) is 7.44. The van der Waals surface area contributed by atoms with Crippen LogP contribution in [0.5, 0.6) is 0 Å². The Morgan fingerprint density at radius 2 is 1.65 bits per heavy atom. The van der Waals surface area contributed by atoms with Crippen LogP contribution in [-0.2, 0) is 9.84 Å². The van der Waals surface area contributed by atoms with Gasteiger partial charge in [0.2, 0.25) is 0 Å². The van der Waals surface area contributed by atoms with E-state index in [0.717, 1.165) is 0 Å². The van der Waals surface area contributed by atoms with Crippen molar-refractivity contribution in [3.8, 4) is 0 Å². The molecule has 0 aliphatic rings. The molecule has 0 aliphatic carbocycles. The number of alkyl halides is 5. The Morgan fingerprint density at radius 3 is 2.00 bits per heavy atom. The van der Waals surface area contributed by atoms with Crippen LogP contribution in [0.25, 0.3) is 0 Å². The number of sulfone groups is 1. The molecule has 0 fully saturated rings. The second-order valence-corrected chi connectivity index (χ2v) is 6.31. The zero-order valence-corrected chi connectivity index (χ0v) is 10.0. The van der Waals surface area contributed by atoms with Crippen LogP contribution >= 0.6 is 0 Å². The summed E-state index contributed by atoms with van der Waals surface area (Å²) in [6, 6.07) is 0. The van der Waals surface area contributed by atoms with Gasteiger partial charge in [0.25, 0.3) is 0 Å². The highest BCUT2D eigenvalue weighted by Crippen LogP contribution is 2.38. The van der Waals surface area contributed by atoms with E-state index in [1.54, 1.807) is 0 Å². The summed E-state index contributed by atoms with van der Waals surface area (Å²) in [5.74, 6) is -5.52. The average molecular weight is 281 g/mol. The van der Waals surface area contributed by atoms with Crippen LogP contribution in [0.15, 0.2) is 0 Å². The highest BCUT2D eigenvalue weighted by atomic mass is 32.2. The van der Waals surface area contributed by atoms with E-state index in [9.17, 15) is 30.4 Å². The van der Waals surface area contributed by atoms with E-state index in [-0.39, 0.29) is 6.42 Å². The van der Waals surface area contributed by atoms with E-state index in [1.165, 1.54) is 6.92 Å². The largest absolute Gasteiger partial charge is 0.453 e. The van der Waals surface area contributed by atoms with Gasteiger partial charge in [0.05, 0.1) is 11.0 Å². The van der Waals surface area contributed by atoms with Crippen LogP contribution in [0.3, 0.4) is 0 Å². The summed E-state index contributed by atoms with van der Waals surface area (Å²) in [6.45, 7) is 4.68. The zero-order chi connectivity index (χ0) is 13.9. The quantitative estimate of drug-likeness (QED) is 0.701. The van der Waals surface area contributed by atoms with Crippen LogP contribution in [-0.4, -0.2) is 31.5 Å². The van der Waals surface area contributed by atoms with Gasteiger partial charge in [-0.1, -0.05) is 6.92 Å². The lowest BCUT2D eigenvalue weighted by molar-refractivity contribution is -0.284. The summed E-state index contributed by atoms with van der Waals surface area (Å²) in [5.41, 5.74) is 0. The second-order valence-electron chi connectivity index (χ2n) is 3.77. The molecular weight excluding hydrogens is 267 g/mol. The fraction of sp³-hybridized carbons (Fsp3) is 0.889. The maximum atomic E-state index is 12.5. The highest BCUT2D eigenvalue weighted by molar-refractivity contribution is 7.92. The molecule has 0 aromatic carbocycles. The van der Waals surface area contributed by atoms with Gasteiger partial charge < -0.3 is 0 Å². The van der Waals surface area contributed by atoms with Crippen LogP contribution in [0, 0.1) is 6.92 Å². The molecule has 0 saturated carbocycles. The standard InChI is InChI=1S/C9H14F5O2S/c1-3-7(2)17(15,16)6-4-5-8(10,11)9(12,13)14/h7H,1,3-6H2,2H3. The fourth-order valence-electron chi connectivity index (χ4n) is 1.02. The molecule has 0 N–H and O–H groups in total. The lowest BCUT2D eigenvalue weighted by Crippen LogP contribution is -2.36. The third-order valence-corrected chi connectivity index (χ3v) is 4.67. The molecule has 0 aliphatic heterocycles. The lowest BCUT2D eigenvalue weighted by atomic mass is 10.2. The van der Waals surface area contributed by atoms with Gasteiger partial charge in [0.1, 0.15) is 0 Å². The third kappa shape index (κ3) is 4.77. The number of rotatable bonds is 6. The molecule has 0 amide bonds. The molecule has 0 bridgehead atoms. The summed E-state index contributed by atoms with van der Waals surface area (Å²) in [4.78, 5) is 0. The Hall–Kier alpha value is -0.400. The lowest BCUT2D eigenvalue weighted by Gasteiger charge is -2.19. The van der Waals surface area contributed by atoms with Crippen molar-refractivity contribution in [2.45, 2.75) is 43.5 Å². The molecular formula is C9H14F5O2S. The Bertz CT molecular complexity index is 334. The zero-order valence-electron chi connectivity index (χ0n) is 9.23. The summed E-state index contributed by atoms with van der Waals surface area (Å²) >= 11 is 0. The van der Waals surface area contributed by atoms with E-state index >= 15 is 0 Å². The van der Waals surface area contributed by atoms with Crippen molar-refractivity contribution in [1.29, 1.82) is 0 Å². The van der Waals surface area contributed by atoms with Crippen molar-refractivity contribution in [3.63, 3.8) is 0 Å². The van der Waals surface area contributed by atoms with Gasteiger partial charge in [-0.05, 0) is 19.8 Å². The number of hydrogen-bond acceptors (Lipinski definition) is 2. The van der Waals surface area contributed by atoms with Crippen LogP contribution in [0.2, 0.25) is 0 Å². The molecule has 0 saturated heterocycles. The molecule has 1 unspecified atom stereocenters. The van der Waals surface area contributed by atoms with Crippen molar-refractivity contribution >= 4 is 9.84 Å². The van der Waals surface area contributed by atoms with Crippen molar-refractivity contribution in [1.82, 2.24) is 0 Å². The molecule has 0 aromatic heterocycles. The first-order valence-corrected chi connectivity index (χ1v) is 6.61. The van der Waals surface area contributed by atoms with Gasteiger partial charge in [-0.2, -0.15) is 22.0 Å². The monoisotopic (exact) mass is 281 g/mol. The molecule has 0 heterocycles. The molecule has 1 radical (unpaired) electrons. The van der Waals surface area contributed by atoms with Gasteiger partial charge in [-0.15, -0.1) is 0 Å². The molecule has 0 spiro atoms. The Balaban J connectivity index is 4.35. The number of halogens is 5. The third-order valence-electron chi connectivity index (χ3n) is 2.35. The highest BCUT2D eigenvalue weighted by Gasteiger charge is 2.56. The van der Waals surface area contributed by atoms with Gasteiger partial charge in [0, 0.05) is 6.42 Å². The van der Waals surface area contributed by atoms with E-state index in [2.05, 4.69) is 6.92 Å². The predicted molar refractivity (Wildman–Crippen MR) is 53.5 cm³/mol. The minimum Gasteiger partial charge on any atom is -0.229 e.